The SMILES string of the molecule is C=C(CNC(=O)OC(C)(C)C)COc1ccc(S(=O)(=O)N2CCC(C)(C(=O)NCCF)CC2)cn1. The summed E-state index contributed by atoms with van der Waals surface area (Å²) in [7, 11) is -3.79. The Balaban J connectivity index is 1.86. The van der Waals surface area contributed by atoms with E-state index in [0.717, 1.165) is 0 Å². The van der Waals surface area contributed by atoms with Gasteiger partial charge in [0, 0.05) is 37.7 Å². The molecule has 0 aromatic carbocycles. The van der Waals surface area contributed by atoms with Crippen molar-refractivity contribution in [3.8, 4) is 5.88 Å². The second kappa shape index (κ2) is 11.8. The molecule has 12 heteroatoms. The summed E-state index contributed by atoms with van der Waals surface area (Å²) < 4.78 is 50.3. The standard InChI is InChI=1S/C23H35FN4O6S/c1-17(14-27-21(30)34-22(2,3)4)16-33-19-7-6-18(15-26-19)35(31,32)28-12-8-23(5,9-13-28)20(29)25-11-10-24/h6-7,15H,1,8-14,16H2,2-5H3,(H,25,29)(H,27,30). The van der Waals surface area contributed by atoms with Gasteiger partial charge in [-0.05, 0) is 45.3 Å². The molecule has 35 heavy (non-hydrogen) atoms. The highest BCUT2D eigenvalue weighted by Gasteiger charge is 2.40. The molecule has 1 fully saturated rings. The highest BCUT2D eigenvalue weighted by atomic mass is 32.2. The number of hydrogen-bond acceptors (Lipinski definition) is 7. The summed E-state index contributed by atoms with van der Waals surface area (Å²) in [6.45, 7) is 10.7. The fourth-order valence-corrected chi connectivity index (χ4v) is 4.70. The predicted octanol–water partition coefficient (Wildman–Crippen LogP) is 2.42. The number of carbonyl (C=O) groups is 2. The molecular formula is C23H35FN4O6S. The van der Waals surface area contributed by atoms with E-state index in [1.807, 2.05) is 0 Å². The van der Waals surface area contributed by atoms with Gasteiger partial charge >= 0.3 is 6.09 Å². The lowest BCUT2D eigenvalue weighted by Crippen LogP contribution is -2.49. The van der Waals surface area contributed by atoms with E-state index >= 15 is 0 Å². The van der Waals surface area contributed by atoms with Crippen LogP contribution in [0, 0.1) is 5.41 Å². The Labute approximate surface area is 206 Å². The largest absolute Gasteiger partial charge is 0.473 e. The van der Waals surface area contributed by atoms with Crippen LogP contribution in [0.25, 0.3) is 0 Å². The smallest absolute Gasteiger partial charge is 0.407 e. The van der Waals surface area contributed by atoms with Gasteiger partial charge in [-0.15, -0.1) is 0 Å². The summed E-state index contributed by atoms with van der Waals surface area (Å²) in [5, 5.41) is 5.11. The van der Waals surface area contributed by atoms with Crippen LogP contribution in [0.2, 0.25) is 0 Å². The minimum Gasteiger partial charge on any atom is -0.473 e. The van der Waals surface area contributed by atoms with Crippen molar-refractivity contribution in [1.82, 2.24) is 19.9 Å². The summed E-state index contributed by atoms with van der Waals surface area (Å²) >= 11 is 0. The summed E-state index contributed by atoms with van der Waals surface area (Å²) in [6, 6.07) is 2.85. The number of pyridine rings is 1. The summed E-state index contributed by atoms with van der Waals surface area (Å²) in [4.78, 5) is 28.0. The number of hydrogen-bond donors (Lipinski definition) is 2. The maximum absolute atomic E-state index is 13.0. The number of alkyl carbamates (subject to hydrolysis) is 1. The van der Waals surface area contributed by atoms with Crippen LogP contribution in [0.3, 0.4) is 0 Å². The number of ether oxygens (including phenoxy) is 2. The number of alkyl halides is 1. The van der Waals surface area contributed by atoms with Gasteiger partial charge in [-0.1, -0.05) is 13.5 Å². The third kappa shape index (κ3) is 8.46. The molecule has 1 aliphatic heterocycles. The van der Waals surface area contributed by atoms with Crippen molar-refractivity contribution in [2.45, 2.75) is 51.0 Å². The van der Waals surface area contributed by atoms with Gasteiger partial charge in [0.05, 0.1) is 6.20 Å². The van der Waals surface area contributed by atoms with Gasteiger partial charge in [-0.3, -0.25) is 4.79 Å². The van der Waals surface area contributed by atoms with Crippen LogP contribution in [0.4, 0.5) is 9.18 Å². The Morgan fingerprint density at radius 1 is 1.23 bits per heavy atom. The monoisotopic (exact) mass is 514 g/mol. The van der Waals surface area contributed by atoms with E-state index in [2.05, 4.69) is 22.2 Å². The molecule has 0 spiro atoms. The van der Waals surface area contributed by atoms with Crippen molar-refractivity contribution < 1.29 is 31.9 Å². The number of carbonyl (C=O) groups excluding carboxylic acids is 2. The van der Waals surface area contributed by atoms with Gasteiger partial charge in [0.2, 0.25) is 21.8 Å². The number of rotatable bonds is 10. The van der Waals surface area contributed by atoms with Crippen LogP contribution in [0.5, 0.6) is 5.88 Å². The molecule has 2 amide bonds. The lowest BCUT2D eigenvalue weighted by atomic mass is 9.80. The first-order chi connectivity index (χ1) is 16.3. The van der Waals surface area contributed by atoms with E-state index in [-0.39, 0.29) is 49.5 Å². The summed E-state index contributed by atoms with van der Waals surface area (Å²) in [6.07, 6.45) is 1.31. The highest BCUT2D eigenvalue weighted by molar-refractivity contribution is 7.89. The van der Waals surface area contributed by atoms with Crippen molar-refractivity contribution in [1.29, 1.82) is 0 Å². The molecule has 2 heterocycles. The van der Waals surface area contributed by atoms with Crippen molar-refractivity contribution in [3.05, 3.63) is 30.5 Å². The molecule has 0 atom stereocenters. The molecule has 1 aromatic heterocycles. The van der Waals surface area contributed by atoms with Crippen LogP contribution in [-0.2, 0) is 19.6 Å². The zero-order valence-electron chi connectivity index (χ0n) is 20.7. The molecular weight excluding hydrogens is 479 g/mol. The maximum atomic E-state index is 13.0. The molecule has 2 N–H and O–H groups in total. The van der Waals surface area contributed by atoms with Crippen molar-refractivity contribution in [2.75, 3.05) is 39.5 Å². The second-order valence-corrected chi connectivity index (χ2v) is 11.6. The number of halogens is 1. The number of piperidine rings is 1. The van der Waals surface area contributed by atoms with E-state index in [0.29, 0.717) is 18.4 Å². The minimum absolute atomic E-state index is 0.0146. The van der Waals surface area contributed by atoms with Crippen LogP contribution in [0.1, 0.15) is 40.5 Å². The Morgan fingerprint density at radius 2 is 1.89 bits per heavy atom. The van der Waals surface area contributed by atoms with E-state index in [4.69, 9.17) is 9.47 Å². The molecule has 1 saturated heterocycles. The van der Waals surface area contributed by atoms with Gasteiger partial charge in [0.15, 0.2) is 0 Å². The Hall–Kier alpha value is -2.73. The lowest BCUT2D eigenvalue weighted by Gasteiger charge is -2.37. The summed E-state index contributed by atoms with van der Waals surface area (Å²) in [5.41, 5.74) is -0.772. The van der Waals surface area contributed by atoms with E-state index in [1.165, 1.54) is 22.6 Å². The number of amides is 2. The summed E-state index contributed by atoms with van der Waals surface area (Å²) in [5.74, 6) is -0.0589. The first-order valence-electron chi connectivity index (χ1n) is 11.3. The maximum Gasteiger partial charge on any atom is 0.407 e. The van der Waals surface area contributed by atoms with Gasteiger partial charge in [-0.25, -0.2) is 22.6 Å². The van der Waals surface area contributed by atoms with E-state index in [9.17, 15) is 22.4 Å². The van der Waals surface area contributed by atoms with Crippen molar-refractivity contribution >= 4 is 22.0 Å². The molecule has 1 aliphatic rings. The van der Waals surface area contributed by atoms with Crippen LogP contribution in [-0.4, -0.2) is 74.8 Å². The minimum atomic E-state index is -3.79. The van der Waals surface area contributed by atoms with E-state index in [1.54, 1.807) is 27.7 Å². The van der Waals surface area contributed by atoms with Gasteiger partial charge in [-0.2, -0.15) is 4.31 Å². The number of nitrogens with one attached hydrogen (secondary N) is 2. The van der Waals surface area contributed by atoms with E-state index < -0.39 is 33.8 Å². The first kappa shape index (κ1) is 28.5. The molecule has 10 nitrogen and oxygen atoms in total. The number of nitrogens with zero attached hydrogens (tertiary/aromatic N) is 2. The van der Waals surface area contributed by atoms with Crippen LogP contribution >= 0.6 is 0 Å². The Bertz CT molecular complexity index is 1000. The Kier molecular flexibility index (Phi) is 9.61. The normalized spacial score (nSPS) is 16.3. The molecule has 0 radical (unpaired) electrons. The fourth-order valence-electron chi connectivity index (χ4n) is 3.31. The van der Waals surface area contributed by atoms with Crippen LogP contribution < -0.4 is 15.4 Å². The average molecular weight is 515 g/mol. The topological polar surface area (TPSA) is 127 Å². The predicted molar refractivity (Wildman–Crippen MR) is 128 cm³/mol. The zero-order valence-corrected chi connectivity index (χ0v) is 21.5. The first-order valence-corrected chi connectivity index (χ1v) is 12.8. The second-order valence-electron chi connectivity index (χ2n) is 9.64. The molecule has 1 aromatic rings. The third-order valence-electron chi connectivity index (χ3n) is 5.41. The number of aromatic nitrogens is 1. The Morgan fingerprint density at radius 3 is 2.43 bits per heavy atom. The lowest BCUT2D eigenvalue weighted by molar-refractivity contribution is -0.132. The molecule has 196 valence electrons. The quantitative estimate of drug-likeness (QED) is 0.459. The fraction of sp³-hybridized carbons (Fsp3) is 0.609. The molecule has 0 aliphatic carbocycles. The molecule has 2 rings (SSSR count). The van der Waals surface area contributed by atoms with Gasteiger partial charge in [0.1, 0.15) is 23.8 Å². The van der Waals surface area contributed by atoms with Gasteiger partial charge < -0.3 is 20.1 Å². The number of sulfonamides is 1. The van der Waals surface area contributed by atoms with Crippen LogP contribution in [0.15, 0.2) is 35.4 Å². The van der Waals surface area contributed by atoms with Crippen molar-refractivity contribution in [3.63, 3.8) is 0 Å². The molecule has 0 unspecified atom stereocenters. The van der Waals surface area contributed by atoms with Gasteiger partial charge in [0.25, 0.3) is 0 Å². The highest BCUT2D eigenvalue weighted by Crippen LogP contribution is 2.33. The average Bonchev–Trinajstić information content (AvgIpc) is 2.79. The molecule has 0 bridgehead atoms. The van der Waals surface area contributed by atoms with Crippen molar-refractivity contribution in [2.24, 2.45) is 5.41 Å². The third-order valence-corrected chi connectivity index (χ3v) is 7.29. The zero-order chi connectivity index (χ0) is 26.3. The molecule has 0 saturated carbocycles.